The summed E-state index contributed by atoms with van der Waals surface area (Å²) in [6.07, 6.45) is 6.94. The summed E-state index contributed by atoms with van der Waals surface area (Å²) in [4.78, 5) is 4.69. The number of hydrogen-bond donors (Lipinski definition) is 1. The Hall–Kier alpha value is -1.31. The normalized spacial score (nSPS) is 24.8. The molecule has 0 aliphatic heterocycles. The number of aliphatic imine (C=N–C) groups is 1. The molecule has 0 heterocycles. The minimum Gasteiger partial charge on any atom is -0.508 e. The van der Waals surface area contributed by atoms with Crippen LogP contribution >= 0.6 is 0 Å². The molecule has 1 aliphatic rings. The maximum atomic E-state index is 9.23. The molecule has 2 heteroatoms. The van der Waals surface area contributed by atoms with E-state index in [1.807, 2.05) is 18.3 Å². The molecule has 2 rings (SSSR count). The molecule has 1 saturated carbocycles. The number of aromatic hydroxyl groups is 1. The van der Waals surface area contributed by atoms with Crippen molar-refractivity contribution in [1.82, 2.24) is 0 Å². The van der Waals surface area contributed by atoms with Gasteiger partial charge in [-0.1, -0.05) is 20.8 Å². The van der Waals surface area contributed by atoms with Gasteiger partial charge in [-0.05, 0) is 66.8 Å². The number of hydrogen-bond acceptors (Lipinski definition) is 2. The van der Waals surface area contributed by atoms with E-state index in [9.17, 15) is 5.11 Å². The second-order valence-electron chi connectivity index (χ2n) is 6.74. The second kappa shape index (κ2) is 5.77. The Bertz CT molecular complexity index is 420. The first kappa shape index (κ1) is 14.1. The first-order valence-corrected chi connectivity index (χ1v) is 7.27. The lowest BCUT2D eigenvalue weighted by Gasteiger charge is -2.35. The van der Waals surface area contributed by atoms with E-state index in [4.69, 9.17) is 4.99 Å². The summed E-state index contributed by atoms with van der Waals surface area (Å²) in [5, 5.41) is 9.23. The smallest absolute Gasteiger partial charge is 0.115 e. The van der Waals surface area contributed by atoms with E-state index in [1.54, 1.807) is 12.1 Å². The monoisotopic (exact) mass is 259 g/mol. The van der Waals surface area contributed by atoms with Crippen molar-refractivity contribution in [3.8, 4) is 5.75 Å². The van der Waals surface area contributed by atoms with Crippen LogP contribution in [-0.2, 0) is 0 Å². The van der Waals surface area contributed by atoms with Crippen molar-refractivity contribution in [3.05, 3.63) is 29.8 Å². The fourth-order valence-corrected chi connectivity index (χ4v) is 2.84. The summed E-state index contributed by atoms with van der Waals surface area (Å²) in [6, 6.07) is 7.70. The van der Waals surface area contributed by atoms with Gasteiger partial charge in [0.1, 0.15) is 5.75 Å². The summed E-state index contributed by atoms with van der Waals surface area (Å²) >= 11 is 0. The molecule has 0 radical (unpaired) electrons. The van der Waals surface area contributed by atoms with Crippen LogP contribution < -0.4 is 0 Å². The van der Waals surface area contributed by atoms with E-state index >= 15 is 0 Å². The van der Waals surface area contributed by atoms with E-state index in [0.29, 0.717) is 17.2 Å². The molecule has 0 unspecified atom stereocenters. The van der Waals surface area contributed by atoms with Crippen LogP contribution in [0.2, 0.25) is 0 Å². The Labute approximate surface area is 116 Å². The molecule has 0 bridgehead atoms. The highest BCUT2D eigenvalue weighted by Gasteiger charge is 2.29. The first-order valence-electron chi connectivity index (χ1n) is 7.27. The Balaban J connectivity index is 1.87. The quantitative estimate of drug-likeness (QED) is 0.784. The number of nitrogens with zero attached hydrogens (tertiary/aromatic N) is 1. The van der Waals surface area contributed by atoms with Crippen LogP contribution in [-0.4, -0.2) is 17.4 Å². The SMILES string of the molecule is CC(C)(C)C1CCC(N=Cc2ccc(O)cc2)CC1. The molecule has 1 aromatic rings. The minimum absolute atomic E-state index is 0.308. The van der Waals surface area contributed by atoms with Gasteiger partial charge in [0.25, 0.3) is 0 Å². The molecule has 0 amide bonds. The van der Waals surface area contributed by atoms with Gasteiger partial charge < -0.3 is 5.11 Å². The third kappa shape index (κ3) is 4.09. The van der Waals surface area contributed by atoms with Crippen molar-refractivity contribution >= 4 is 6.21 Å². The van der Waals surface area contributed by atoms with Gasteiger partial charge in [0.15, 0.2) is 0 Å². The van der Waals surface area contributed by atoms with Crippen molar-refractivity contribution in [1.29, 1.82) is 0 Å². The molecule has 1 aliphatic carbocycles. The second-order valence-corrected chi connectivity index (χ2v) is 6.74. The fraction of sp³-hybridized carbons (Fsp3) is 0.588. The van der Waals surface area contributed by atoms with Crippen LogP contribution in [0.5, 0.6) is 5.75 Å². The summed E-state index contributed by atoms with van der Waals surface area (Å²) in [5.41, 5.74) is 1.50. The maximum absolute atomic E-state index is 9.23. The van der Waals surface area contributed by atoms with E-state index < -0.39 is 0 Å². The molecule has 104 valence electrons. The minimum atomic E-state index is 0.308. The fourth-order valence-electron chi connectivity index (χ4n) is 2.84. The molecular weight excluding hydrogens is 234 g/mol. The average molecular weight is 259 g/mol. The molecule has 0 saturated heterocycles. The molecule has 0 spiro atoms. The van der Waals surface area contributed by atoms with Crippen LogP contribution in [0.3, 0.4) is 0 Å². The number of benzene rings is 1. The highest BCUT2D eigenvalue weighted by atomic mass is 16.3. The lowest BCUT2D eigenvalue weighted by molar-refractivity contribution is 0.170. The predicted molar refractivity (Wildman–Crippen MR) is 80.9 cm³/mol. The highest BCUT2D eigenvalue weighted by molar-refractivity contribution is 5.79. The number of rotatable bonds is 2. The van der Waals surface area contributed by atoms with Gasteiger partial charge in [0.05, 0.1) is 0 Å². The highest BCUT2D eigenvalue weighted by Crippen LogP contribution is 2.38. The van der Waals surface area contributed by atoms with Crippen molar-refractivity contribution in [2.75, 3.05) is 0 Å². The van der Waals surface area contributed by atoms with Crippen molar-refractivity contribution in [2.45, 2.75) is 52.5 Å². The Morgan fingerprint density at radius 2 is 1.63 bits per heavy atom. The van der Waals surface area contributed by atoms with E-state index in [1.165, 1.54) is 25.7 Å². The number of phenolic OH excluding ortho intramolecular Hbond substituents is 1. The summed E-state index contributed by atoms with van der Waals surface area (Å²) in [7, 11) is 0. The van der Waals surface area contributed by atoms with E-state index in [0.717, 1.165) is 11.5 Å². The summed E-state index contributed by atoms with van der Waals surface area (Å²) in [5.74, 6) is 1.15. The van der Waals surface area contributed by atoms with Crippen LogP contribution in [0.4, 0.5) is 0 Å². The summed E-state index contributed by atoms with van der Waals surface area (Å²) < 4.78 is 0. The van der Waals surface area contributed by atoms with E-state index in [-0.39, 0.29) is 0 Å². The van der Waals surface area contributed by atoms with Gasteiger partial charge in [0.2, 0.25) is 0 Å². The van der Waals surface area contributed by atoms with Gasteiger partial charge in [-0.2, -0.15) is 0 Å². The third-order valence-corrected chi connectivity index (χ3v) is 4.25. The largest absolute Gasteiger partial charge is 0.508 e. The van der Waals surface area contributed by atoms with Gasteiger partial charge in [0, 0.05) is 12.3 Å². The molecule has 0 atom stereocenters. The van der Waals surface area contributed by atoms with Crippen molar-refractivity contribution < 1.29 is 5.11 Å². The Kier molecular flexibility index (Phi) is 4.28. The van der Waals surface area contributed by atoms with Crippen LogP contribution in [0.15, 0.2) is 29.3 Å². The molecule has 19 heavy (non-hydrogen) atoms. The molecule has 1 fully saturated rings. The average Bonchev–Trinajstić information content (AvgIpc) is 2.37. The van der Waals surface area contributed by atoms with Gasteiger partial charge in [-0.25, -0.2) is 0 Å². The molecule has 1 aromatic carbocycles. The molecule has 1 N–H and O–H groups in total. The van der Waals surface area contributed by atoms with E-state index in [2.05, 4.69) is 20.8 Å². The maximum Gasteiger partial charge on any atom is 0.115 e. The zero-order valence-corrected chi connectivity index (χ0v) is 12.3. The van der Waals surface area contributed by atoms with Gasteiger partial charge in [-0.3, -0.25) is 4.99 Å². The topological polar surface area (TPSA) is 32.6 Å². The van der Waals surface area contributed by atoms with Gasteiger partial charge in [-0.15, -0.1) is 0 Å². The lowest BCUT2D eigenvalue weighted by Crippen LogP contribution is -2.27. The Morgan fingerprint density at radius 1 is 1.05 bits per heavy atom. The molecular formula is C17H25NO. The molecule has 2 nitrogen and oxygen atoms in total. The van der Waals surface area contributed by atoms with Crippen LogP contribution in [0.1, 0.15) is 52.0 Å². The van der Waals surface area contributed by atoms with Crippen molar-refractivity contribution in [3.63, 3.8) is 0 Å². The Morgan fingerprint density at radius 3 is 2.16 bits per heavy atom. The number of phenols is 1. The van der Waals surface area contributed by atoms with Crippen LogP contribution in [0.25, 0.3) is 0 Å². The zero-order valence-electron chi connectivity index (χ0n) is 12.3. The lowest BCUT2D eigenvalue weighted by atomic mass is 9.71. The third-order valence-electron chi connectivity index (χ3n) is 4.25. The van der Waals surface area contributed by atoms with Crippen LogP contribution in [0, 0.1) is 11.3 Å². The first-order chi connectivity index (χ1) is 8.95. The summed E-state index contributed by atoms with van der Waals surface area (Å²) in [6.45, 7) is 7.03. The van der Waals surface area contributed by atoms with Crippen molar-refractivity contribution in [2.24, 2.45) is 16.3 Å². The van der Waals surface area contributed by atoms with Gasteiger partial charge >= 0.3 is 0 Å². The molecule has 0 aromatic heterocycles. The zero-order chi connectivity index (χ0) is 13.9. The predicted octanol–water partition coefficient (Wildman–Crippen LogP) is 4.42. The standard InChI is InChI=1S/C17H25NO/c1-17(2,3)14-6-8-15(9-7-14)18-12-13-4-10-16(19)11-5-13/h4-5,10-12,14-15,19H,6-9H2,1-3H3.